The predicted molar refractivity (Wildman–Crippen MR) is 67.7 cm³/mol. The average Bonchev–Trinajstić information content (AvgIpc) is 2.22. The van der Waals surface area contributed by atoms with Crippen molar-refractivity contribution in [1.29, 1.82) is 0 Å². The van der Waals surface area contributed by atoms with E-state index in [9.17, 15) is 9.59 Å². The summed E-state index contributed by atoms with van der Waals surface area (Å²) in [6.07, 6.45) is 3.44. The van der Waals surface area contributed by atoms with Crippen LogP contribution in [-0.4, -0.2) is 35.0 Å². The summed E-state index contributed by atoms with van der Waals surface area (Å²) < 4.78 is 0. The monoisotopic (exact) mass is 241 g/mol. The van der Waals surface area contributed by atoms with E-state index in [0.29, 0.717) is 6.54 Å². The zero-order valence-electron chi connectivity index (χ0n) is 11.2. The van der Waals surface area contributed by atoms with Gasteiger partial charge < -0.3 is 10.0 Å². The zero-order valence-corrected chi connectivity index (χ0v) is 11.2. The molecular weight excluding hydrogens is 218 g/mol. The van der Waals surface area contributed by atoms with E-state index in [1.54, 1.807) is 17.9 Å². The topological polar surface area (TPSA) is 57.6 Å². The van der Waals surface area contributed by atoms with Crippen molar-refractivity contribution in [2.45, 2.75) is 40.5 Å². The first-order chi connectivity index (χ1) is 7.88. The van der Waals surface area contributed by atoms with E-state index < -0.39 is 11.9 Å². The van der Waals surface area contributed by atoms with Crippen LogP contribution in [0.3, 0.4) is 0 Å². The summed E-state index contributed by atoms with van der Waals surface area (Å²) in [6, 6.07) is 0. The molecule has 0 aliphatic rings. The van der Waals surface area contributed by atoms with Crippen LogP contribution in [0.25, 0.3) is 0 Å². The van der Waals surface area contributed by atoms with Crippen molar-refractivity contribution in [1.82, 2.24) is 4.90 Å². The van der Waals surface area contributed by atoms with Crippen molar-refractivity contribution >= 4 is 11.9 Å². The lowest BCUT2D eigenvalue weighted by Gasteiger charge is -2.23. The van der Waals surface area contributed by atoms with Gasteiger partial charge in [0.2, 0.25) is 5.91 Å². The maximum absolute atomic E-state index is 11.9. The molecule has 0 spiro atoms. The van der Waals surface area contributed by atoms with Crippen molar-refractivity contribution in [3.05, 3.63) is 11.6 Å². The van der Waals surface area contributed by atoms with E-state index in [0.717, 1.165) is 18.4 Å². The van der Waals surface area contributed by atoms with Crippen LogP contribution in [-0.2, 0) is 9.59 Å². The number of amides is 1. The van der Waals surface area contributed by atoms with E-state index in [-0.39, 0.29) is 12.5 Å². The lowest BCUT2D eigenvalue weighted by Crippen LogP contribution is -2.36. The molecule has 0 aromatic heterocycles. The van der Waals surface area contributed by atoms with E-state index in [2.05, 4.69) is 0 Å². The number of hydrogen-bond acceptors (Lipinski definition) is 2. The van der Waals surface area contributed by atoms with Crippen molar-refractivity contribution in [2.24, 2.45) is 5.92 Å². The van der Waals surface area contributed by atoms with E-state index >= 15 is 0 Å². The normalized spacial score (nSPS) is 11.8. The number of aliphatic carboxylic acids is 1. The number of carboxylic acids is 1. The number of carbonyl (C=O) groups is 2. The van der Waals surface area contributed by atoms with Crippen LogP contribution in [0, 0.1) is 5.92 Å². The van der Waals surface area contributed by atoms with Crippen LogP contribution in [0.2, 0.25) is 0 Å². The summed E-state index contributed by atoms with van der Waals surface area (Å²) in [6.45, 7) is 8.28. The number of unbranched alkanes of at least 4 members (excludes halogenated alkanes) is 1. The Bertz CT molecular complexity index is 293. The molecule has 4 nitrogen and oxygen atoms in total. The number of nitrogens with zero attached hydrogens (tertiary/aromatic N) is 1. The molecule has 1 unspecified atom stereocenters. The highest BCUT2D eigenvalue weighted by atomic mass is 16.4. The first kappa shape index (κ1) is 15.7. The summed E-state index contributed by atoms with van der Waals surface area (Å²) in [5.74, 6) is -1.48. The Kier molecular flexibility index (Phi) is 7.26. The van der Waals surface area contributed by atoms with E-state index in [4.69, 9.17) is 5.11 Å². The van der Waals surface area contributed by atoms with Gasteiger partial charge in [0, 0.05) is 19.2 Å². The number of allylic oxidation sites excluding steroid dienone is 1. The largest absolute Gasteiger partial charge is 0.481 e. The molecule has 0 saturated heterocycles. The highest BCUT2D eigenvalue weighted by molar-refractivity contribution is 5.88. The standard InChI is InChI=1S/C13H23NO3/c1-5-6-7-14(9-11(4)13(16)17)12(15)8-10(2)3/h8,11H,5-7,9H2,1-4H3,(H,16,17). The van der Waals surface area contributed by atoms with Crippen LogP contribution in [0.5, 0.6) is 0 Å². The predicted octanol–water partition coefficient (Wildman–Crippen LogP) is 2.30. The average molecular weight is 241 g/mol. The van der Waals surface area contributed by atoms with Gasteiger partial charge in [-0.25, -0.2) is 0 Å². The maximum atomic E-state index is 11.9. The highest BCUT2D eigenvalue weighted by Crippen LogP contribution is 2.05. The van der Waals surface area contributed by atoms with Gasteiger partial charge in [0.05, 0.1) is 5.92 Å². The Morgan fingerprint density at radius 1 is 1.35 bits per heavy atom. The van der Waals surface area contributed by atoms with Crippen molar-refractivity contribution < 1.29 is 14.7 Å². The molecule has 98 valence electrons. The second-order valence-electron chi connectivity index (χ2n) is 4.60. The molecule has 0 heterocycles. The summed E-state index contributed by atoms with van der Waals surface area (Å²) >= 11 is 0. The smallest absolute Gasteiger partial charge is 0.308 e. The lowest BCUT2D eigenvalue weighted by atomic mass is 10.1. The third-order valence-corrected chi connectivity index (χ3v) is 2.42. The quantitative estimate of drug-likeness (QED) is 0.696. The van der Waals surface area contributed by atoms with Crippen molar-refractivity contribution in [3.63, 3.8) is 0 Å². The molecule has 0 bridgehead atoms. The Labute approximate surface area is 103 Å². The van der Waals surface area contributed by atoms with Crippen LogP contribution >= 0.6 is 0 Å². The summed E-state index contributed by atoms with van der Waals surface area (Å²) in [5, 5.41) is 8.87. The van der Waals surface area contributed by atoms with Gasteiger partial charge in [0.25, 0.3) is 0 Å². The molecule has 1 atom stereocenters. The van der Waals surface area contributed by atoms with Gasteiger partial charge in [-0.3, -0.25) is 9.59 Å². The summed E-state index contributed by atoms with van der Waals surface area (Å²) in [5.41, 5.74) is 0.930. The SMILES string of the molecule is CCCCN(CC(C)C(=O)O)C(=O)C=C(C)C. The third-order valence-electron chi connectivity index (χ3n) is 2.42. The Hall–Kier alpha value is -1.32. The fourth-order valence-electron chi connectivity index (χ4n) is 1.39. The Morgan fingerprint density at radius 3 is 2.35 bits per heavy atom. The van der Waals surface area contributed by atoms with Gasteiger partial charge in [0.1, 0.15) is 0 Å². The Morgan fingerprint density at radius 2 is 1.94 bits per heavy atom. The second-order valence-corrected chi connectivity index (χ2v) is 4.60. The minimum Gasteiger partial charge on any atom is -0.481 e. The van der Waals surface area contributed by atoms with Gasteiger partial charge in [-0.15, -0.1) is 0 Å². The third kappa shape index (κ3) is 6.76. The molecule has 1 amide bonds. The number of rotatable bonds is 7. The second kappa shape index (κ2) is 7.87. The maximum Gasteiger partial charge on any atom is 0.308 e. The van der Waals surface area contributed by atoms with Crippen LogP contribution in [0.1, 0.15) is 40.5 Å². The summed E-state index contributed by atoms with van der Waals surface area (Å²) in [7, 11) is 0. The molecule has 17 heavy (non-hydrogen) atoms. The van der Waals surface area contributed by atoms with Crippen LogP contribution in [0.4, 0.5) is 0 Å². The molecule has 1 N–H and O–H groups in total. The molecule has 0 rings (SSSR count). The first-order valence-corrected chi connectivity index (χ1v) is 6.05. The van der Waals surface area contributed by atoms with Gasteiger partial charge in [-0.2, -0.15) is 0 Å². The van der Waals surface area contributed by atoms with Gasteiger partial charge in [-0.1, -0.05) is 25.8 Å². The molecule has 0 aromatic rings. The number of hydrogen-bond donors (Lipinski definition) is 1. The van der Waals surface area contributed by atoms with Crippen molar-refractivity contribution in [3.8, 4) is 0 Å². The zero-order chi connectivity index (χ0) is 13.4. The van der Waals surface area contributed by atoms with Gasteiger partial charge >= 0.3 is 5.97 Å². The minimum absolute atomic E-state index is 0.0912. The molecular formula is C13H23NO3. The Balaban J connectivity index is 4.58. The first-order valence-electron chi connectivity index (χ1n) is 6.05. The van der Waals surface area contributed by atoms with Crippen LogP contribution < -0.4 is 0 Å². The number of carbonyl (C=O) groups excluding carboxylic acids is 1. The van der Waals surface area contributed by atoms with Gasteiger partial charge in [0.15, 0.2) is 0 Å². The lowest BCUT2D eigenvalue weighted by molar-refractivity contribution is -0.142. The van der Waals surface area contributed by atoms with Crippen LogP contribution in [0.15, 0.2) is 11.6 Å². The minimum atomic E-state index is -0.864. The van der Waals surface area contributed by atoms with E-state index in [1.165, 1.54) is 0 Å². The molecule has 0 aliphatic heterocycles. The molecule has 0 fully saturated rings. The van der Waals surface area contributed by atoms with E-state index in [1.807, 2.05) is 20.8 Å². The molecule has 0 saturated carbocycles. The van der Waals surface area contributed by atoms with Gasteiger partial charge in [-0.05, 0) is 20.3 Å². The molecule has 0 radical (unpaired) electrons. The molecule has 0 aromatic carbocycles. The number of carboxylic acid groups (broad SMARTS) is 1. The van der Waals surface area contributed by atoms with Crippen molar-refractivity contribution in [2.75, 3.05) is 13.1 Å². The fourth-order valence-corrected chi connectivity index (χ4v) is 1.39. The molecule has 0 aliphatic carbocycles. The summed E-state index contributed by atoms with van der Waals surface area (Å²) in [4.78, 5) is 24.3. The fraction of sp³-hybridized carbons (Fsp3) is 0.692. The highest BCUT2D eigenvalue weighted by Gasteiger charge is 2.18. The molecule has 4 heteroatoms.